The number of nitrogens with one attached hydrogen (secondary N) is 1. The molecule has 1 aliphatic heterocycles. The molecule has 1 fully saturated rings. The number of ether oxygens (including phenoxy) is 2. The molecule has 5 nitrogen and oxygen atoms in total. The van der Waals surface area contributed by atoms with Gasteiger partial charge in [-0.1, -0.05) is 30.9 Å². The van der Waals surface area contributed by atoms with Crippen molar-refractivity contribution in [3.8, 4) is 12.3 Å². The Balaban J connectivity index is 1.89. The standard InChI is InChI=1S/C24H31NO4/c1-3-17-11-13-18(14-12-17)21-16-22(23(27)25-19-8-5-6-9-19)29-24(28-4-2)20(21)10-7-15-26/h1,11-14,16,19-21,24,26H,4-10,15H2,2H3,(H,25,27)/t20-,21+,24+/m1/s1. The van der Waals surface area contributed by atoms with Crippen LogP contribution in [0.3, 0.4) is 0 Å². The van der Waals surface area contributed by atoms with Crippen molar-refractivity contribution in [3.63, 3.8) is 0 Å². The van der Waals surface area contributed by atoms with Gasteiger partial charge in [-0.25, -0.2) is 0 Å². The molecule has 1 heterocycles. The highest BCUT2D eigenvalue weighted by Crippen LogP contribution is 2.39. The molecule has 1 aromatic carbocycles. The van der Waals surface area contributed by atoms with Crippen LogP contribution in [0.5, 0.6) is 0 Å². The second kappa shape index (κ2) is 10.5. The van der Waals surface area contributed by atoms with Gasteiger partial charge < -0.3 is 19.9 Å². The number of hydrogen-bond acceptors (Lipinski definition) is 4. The van der Waals surface area contributed by atoms with Gasteiger partial charge in [0, 0.05) is 36.7 Å². The molecule has 0 aromatic heterocycles. The van der Waals surface area contributed by atoms with E-state index >= 15 is 0 Å². The number of terminal acetylenes is 1. The van der Waals surface area contributed by atoms with Gasteiger partial charge >= 0.3 is 0 Å². The second-order valence-corrected chi connectivity index (χ2v) is 7.75. The summed E-state index contributed by atoms with van der Waals surface area (Å²) in [4.78, 5) is 12.9. The Kier molecular flexibility index (Phi) is 7.74. The molecule has 2 N–H and O–H groups in total. The third-order valence-electron chi connectivity index (χ3n) is 5.79. The van der Waals surface area contributed by atoms with E-state index in [9.17, 15) is 9.90 Å². The van der Waals surface area contributed by atoms with Crippen LogP contribution >= 0.6 is 0 Å². The summed E-state index contributed by atoms with van der Waals surface area (Å²) in [5, 5.41) is 12.5. The van der Waals surface area contributed by atoms with Crippen molar-refractivity contribution in [2.45, 2.75) is 63.7 Å². The van der Waals surface area contributed by atoms with Crippen molar-refractivity contribution in [1.82, 2.24) is 5.32 Å². The first-order valence-electron chi connectivity index (χ1n) is 10.6. The molecular formula is C24H31NO4. The van der Waals surface area contributed by atoms with Gasteiger partial charge in [0.05, 0.1) is 0 Å². The van der Waals surface area contributed by atoms with Gasteiger partial charge in [-0.2, -0.15) is 0 Å². The molecule has 2 aliphatic rings. The second-order valence-electron chi connectivity index (χ2n) is 7.75. The lowest BCUT2D eigenvalue weighted by Gasteiger charge is -2.37. The number of rotatable bonds is 8. The van der Waals surface area contributed by atoms with Crippen LogP contribution < -0.4 is 5.32 Å². The summed E-state index contributed by atoms with van der Waals surface area (Å²) >= 11 is 0. The molecule has 1 amide bonds. The molecule has 156 valence electrons. The van der Waals surface area contributed by atoms with Crippen LogP contribution in [0.4, 0.5) is 0 Å². The molecule has 0 unspecified atom stereocenters. The number of benzene rings is 1. The zero-order valence-electron chi connectivity index (χ0n) is 17.1. The smallest absolute Gasteiger partial charge is 0.286 e. The first-order valence-corrected chi connectivity index (χ1v) is 10.6. The number of aliphatic hydroxyl groups is 1. The van der Waals surface area contributed by atoms with E-state index < -0.39 is 6.29 Å². The molecule has 0 bridgehead atoms. The molecule has 5 heteroatoms. The van der Waals surface area contributed by atoms with E-state index in [1.807, 2.05) is 37.3 Å². The first-order chi connectivity index (χ1) is 14.2. The molecule has 3 atom stereocenters. The van der Waals surface area contributed by atoms with E-state index in [1.165, 1.54) is 0 Å². The van der Waals surface area contributed by atoms with Crippen molar-refractivity contribution in [3.05, 3.63) is 47.2 Å². The fraction of sp³-hybridized carbons (Fsp3) is 0.542. The van der Waals surface area contributed by atoms with Crippen LogP contribution in [0.2, 0.25) is 0 Å². The third kappa shape index (κ3) is 5.41. The predicted octanol–water partition coefficient (Wildman–Crippen LogP) is 3.48. The Morgan fingerprint density at radius 1 is 1.31 bits per heavy atom. The fourth-order valence-corrected chi connectivity index (χ4v) is 4.27. The maximum atomic E-state index is 12.9. The van der Waals surface area contributed by atoms with Crippen molar-refractivity contribution in [1.29, 1.82) is 0 Å². The maximum Gasteiger partial charge on any atom is 0.286 e. The van der Waals surface area contributed by atoms with Crippen molar-refractivity contribution in [2.24, 2.45) is 5.92 Å². The topological polar surface area (TPSA) is 67.8 Å². The van der Waals surface area contributed by atoms with E-state index in [2.05, 4.69) is 11.2 Å². The average Bonchev–Trinajstić information content (AvgIpc) is 3.25. The molecule has 0 radical (unpaired) electrons. The van der Waals surface area contributed by atoms with Crippen molar-refractivity contribution < 1.29 is 19.4 Å². The minimum Gasteiger partial charge on any atom is -0.459 e. The largest absolute Gasteiger partial charge is 0.459 e. The summed E-state index contributed by atoms with van der Waals surface area (Å²) in [5.41, 5.74) is 1.88. The number of carbonyl (C=O) groups is 1. The van der Waals surface area contributed by atoms with E-state index in [0.717, 1.165) is 43.2 Å². The molecule has 1 aromatic rings. The van der Waals surface area contributed by atoms with Gasteiger partial charge in [0.1, 0.15) is 0 Å². The summed E-state index contributed by atoms with van der Waals surface area (Å²) in [6, 6.07) is 8.05. The highest BCUT2D eigenvalue weighted by Gasteiger charge is 2.38. The van der Waals surface area contributed by atoms with Gasteiger partial charge in [-0.05, 0) is 56.4 Å². The lowest BCUT2D eigenvalue weighted by molar-refractivity contribution is -0.166. The van der Waals surface area contributed by atoms with Crippen LogP contribution in [0.25, 0.3) is 0 Å². The summed E-state index contributed by atoms with van der Waals surface area (Å²) in [6.07, 6.45) is 12.6. The quantitative estimate of drug-likeness (QED) is 0.659. The number of aliphatic hydroxyl groups excluding tert-OH is 1. The molecule has 1 aliphatic carbocycles. The number of carbonyl (C=O) groups excluding carboxylic acids is 1. The van der Waals surface area contributed by atoms with Crippen LogP contribution in [-0.4, -0.2) is 36.6 Å². The van der Waals surface area contributed by atoms with E-state index in [4.69, 9.17) is 15.9 Å². The highest BCUT2D eigenvalue weighted by molar-refractivity contribution is 5.92. The maximum absolute atomic E-state index is 12.9. The number of hydrogen-bond donors (Lipinski definition) is 2. The minimum absolute atomic E-state index is 0.00168. The Bertz CT molecular complexity index is 743. The van der Waals surface area contributed by atoms with Gasteiger partial charge in [0.25, 0.3) is 5.91 Å². The van der Waals surface area contributed by atoms with Crippen molar-refractivity contribution >= 4 is 5.91 Å². The lowest BCUT2D eigenvalue weighted by atomic mass is 9.80. The monoisotopic (exact) mass is 397 g/mol. The first kappa shape index (κ1) is 21.4. The third-order valence-corrected chi connectivity index (χ3v) is 5.79. The van der Waals surface area contributed by atoms with E-state index in [0.29, 0.717) is 18.8 Å². The summed E-state index contributed by atoms with van der Waals surface area (Å²) in [6.45, 7) is 2.51. The van der Waals surface area contributed by atoms with Gasteiger partial charge in [0.15, 0.2) is 5.76 Å². The average molecular weight is 398 g/mol. The molecule has 0 spiro atoms. The zero-order chi connectivity index (χ0) is 20.6. The van der Waals surface area contributed by atoms with Gasteiger partial charge in [-0.15, -0.1) is 6.42 Å². The Hall–Kier alpha value is -2.29. The summed E-state index contributed by atoms with van der Waals surface area (Å²) < 4.78 is 11.9. The molecule has 29 heavy (non-hydrogen) atoms. The van der Waals surface area contributed by atoms with E-state index in [-0.39, 0.29) is 30.4 Å². The summed E-state index contributed by atoms with van der Waals surface area (Å²) in [5.74, 6) is 2.73. The Labute approximate surface area is 173 Å². The van der Waals surface area contributed by atoms with Gasteiger partial charge in [-0.3, -0.25) is 4.79 Å². The molecule has 1 saturated carbocycles. The van der Waals surface area contributed by atoms with Crippen molar-refractivity contribution in [2.75, 3.05) is 13.2 Å². The van der Waals surface area contributed by atoms with Crippen LogP contribution in [0.15, 0.2) is 36.1 Å². The van der Waals surface area contributed by atoms with Crippen LogP contribution in [-0.2, 0) is 14.3 Å². The Morgan fingerprint density at radius 2 is 2.03 bits per heavy atom. The Morgan fingerprint density at radius 3 is 2.66 bits per heavy atom. The minimum atomic E-state index is -0.529. The molecule has 0 saturated heterocycles. The molecule has 3 rings (SSSR count). The number of allylic oxidation sites excluding steroid dienone is 1. The fourth-order valence-electron chi connectivity index (χ4n) is 4.27. The van der Waals surface area contributed by atoms with Crippen LogP contribution in [0.1, 0.15) is 62.5 Å². The van der Waals surface area contributed by atoms with Crippen LogP contribution in [0, 0.1) is 18.3 Å². The SMILES string of the molecule is C#Cc1ccc([C@@H]2C=C(C(=O)NC3CCCC3)O[C@H](OCC)[C@@H]2CCCO)cc1. The number of amides is 1. The van der Waals surface area contributed by atoms with Gasteiger partial charge in [0.2, 0.25) is 6.29 Å². The van der Waals surface area contributed by atoms with E-state index in [1.54, 1.807) is 0 Å². The zero-order valence-corrected chi connectivity index (χ0v) is 17.1. The normalized spacial score (nSPS) is 24.4. The summed E-state index contributed by atoms with van der Waals surface area (Å²) in [7, 11) is 0. The highest BCUT2D eigenvalue weighted by atomic mass is 16.7. The predicted molar refractivity (Wildman–Crippen MR) is 112 cm³/mol. The molecular weight excluding hydrogens is 366 g/mol. The lowest BCUT2D eigenvalue weighted by Crippen LogP contribution is -2.41.